The van der Waals surface area contributed by atoms with Gasteiger partial charge < -0.3 is 5.32 Å². The van der Waals surface area contributed by atoms with Crippen LogP contribution in [0.4, 0.5) is 0 Å². The molecule has 2 fully saturated rings. The standard InChI is InChI=1S/C14H19BrN2/c15-13-5-1-3-11(7-13)8-17-9-12-4-2-6-16-14(12)10-17/h1,3,5,7,12,14,16H,2,4,6,8-10H2. The van der Waals surface area contributed by atoms with Crippen LogP contribution in [0.3, 0.4) is 0 Å². The summed E-state index contributed by atoms with van der Waals surface area (Å²) in [5.41, 5.74) is 1.41. The average Bonchev–Trinajstić information content (AvgIpc) is 2.71. The Bertz CT molecular complexity index is 380. The lowest BCUT2D eigenvalue weighted by molar-refractivity contribution is 0.312. The highest BCUT2D eigenvalue weighted by Gasteiger charge is 2.33. The zero-order chi connectivity index (χ0) is 11.7. The molecular weight excluding hydrogens is 276 g/mol. The van der Waals surface area contributed by atoms with Crippen LogP contribution in [0.15, 0.2) is 28.7 Å². The van der Waals surface area contributed by atoms with Gasteiger partial charge in [-0.1, -0.05) is 28.1 Å². The molecule has 1 aromatic rings. The number of nitrogens with one attached hydrogen (secondary N) is 1. The van der Waals surface area contributed by atoms with Crippen molar-refractivity contribution in [2.45, 2.75) is 25.4 Å². The number of halogens is 1. The van der Waals surface area contributed by atoms with E-state index in [0.29, 0.717) is 0 Å². The summed E-state index contributed by atoms with van der Waals surface area (Å²) in [6.07, 6.45) is 2.76. The molecule has 0 saturated carbocycles. The van der Waals surface area contributed by atoms with Crippen LogP contribution in [0, 0.1) is 5.92 Å². The van der Waals surface area contributed by atoms with Crippen molar-refractivity contribution in [3.8, 4) is 0 Å². The first-order valence-electron chi connectivity index (χ1n) is 6.51. The van der Waals surface area contributed by atoms with Crippen LogP contribution in [0.1, 0.15) is 18.4 Å². The topological polar surface area (TPSA) is 15.3 Å². The van der Waals surface area contributed by atoms with Gasteiger partial charge in [0.05, 0.1) is 0 Å². The third kappa shape index (κ3) is 2.72. The van der Waals surface area contributed by atoms with Crippen molar-refractivity contribution < 1.29 is 0 Å². The number of hydrogen-bond donors (Lipinski definition) is 1. The molecule has 2 heterocycles. The van der Waals surface area contributed by atoms with Crippen LogP contribution < -0.4 is 5.32 Å². The van der Waals surface area contributed by atoms with Gasteiger partial charge in [0.2, 0.25) is 0 Å². The fourth-order valence-electron chi connectivity index (χ4n) is 3.16. The summed E-state index contributed by atoms with van der Waals surface area (Å²) < 4.78 is 1.18. The van der Waals surface area contributed by atoms with Gasteiger partial charge in [0.25, 0.3) is 0 Å². The lowest BCUT2D eigenvalue weighted by Gasteiger charge is -2.24. The molecule has 2 unspecified atom stereocenters. The quantitative estimate of drug-likeness (QED) is 0.902. The van der Waals surface area contributed by atoms with Crippen LogP contribution in [0.2, 0.25) is 0 Å². The van der Waals surface area contributed by atoms with Crippen LogP contribution in [-0.2, 0) is 6.54 Å². The van der Waals surface area contributed by atoms with Crippen molar-refractivity contribution in [3.05, 3.63) is 34.3 Å². The minimum absolute atomic E-state index is 0.746. The fourth-order valence-corrected chi connectivity index (χ4v) is 3.61. The summed E-state index contributed by atoms with van der Waals surface area (Å²) in [5.74, 6) is 0.885. The van der Waals surface area contributed by atoms with E-state index in [0.717, 1.165) is 18.5 Å². The molecule has 1 N–H and O–H groups in total. The SMILES string of the molecule is Brc1cccc(CN2CC3CCCNC3C2)c1. The smallest absolute Gasteiger partial charge is 0.0235 e. The van der Waals surface area contributed by atoms with Gasteiger partial charge in [-0.2, -0.15) is 0 Å². The van der Waals surface area contributed by atoms with Gasteiger partial charge in [0, 0.05) is 30.1 Å². The number of benzene rings is 1. The lowest BCUT2D eigenvalue weighted by Crippen LogP contribution is -2.40. The predicted octanol–water partition coefficient (Wildman–Crippen LogP) is 2.63. The van der Waals surface area contributed by atoms with E-state index >= 15 is 0 Å². The molecular formula is C14H19BrN2. The van der Waals surface area contributed by atoms with Crippen LogP contribution >= 0.6 is 15.9 Å². The molecule has 0 spiro atoms. The Kier molecular flexibility index (Phi) is 3.50. The van der Waals surface area contributed by atoms with Crippen molar-refractivity contribution in [2.75, 3.05) is 19.6 Å². The third-order valence-corrected chi connectivity index (χ3v) is 4.46. The molecule has 0 radical (unpaired) electrons. The summed E-state index contributed by atoms with van der Waals surface area (Å²) in [7, 11) is 0. The Hall–Kier alpha value is -0.380. The molecule has 0 aliphatic carbocycles. The van der Waals surface area contributed by atoms with E-state index in [1.54, 1.807) is 0 Å². The molecule has 2 saturated heterocycles. The molecule has 0 amide bonds. The van der Waals surface area contributed by atoms with Crippen molar-refractivity contribution in [1.29, 1.82) is 0 Å². The fraction of sp³-hybridized carbons (Fsp3) is 0.571. The number of piperidine rings is 1. The van der Waals surface area contributed by atoms with Crippen molar-refractivity contribution in [1.82, 2.24) is 10.2 Å². The number of likely N-dealkylation sites (tertiary alicyclic amines) is 1. The minimum atomic E-state index is 0.746. The van der Waals surface area contributed by atoms with E-state index in [1.807, 2.05) is 0 Å². The first-order valence-corrected chi connectivity index (χ1v) is 7.31. The zero-order valence-corrected chi connectivity index (χ0v) is 11.6. The summed E-state index contributed by atoms with van der Waals surface area (Å²) >= 11 is 3.54. The molecule has 17 heavy (non-hydrogen) atoms. The first-order chi connectivity index (χ1) is 8.31. The number of hydrogen-bond acceptors (Lipinski definition) is 2. The number of nitrogens with zero attached hydrogens (tertiary/aromatic N) is 1. The Morgan fingerprint density at radius 2 is 2.29 bits per heavy atom. The summed E-state index contributed by atoms with van der Waals surface area (Å²) in [6.45, 7) is 4.79. The van der Waals surface area contributed by atoms with E-state index < -0.39 is 0 Å². The highest BCUT2D eigenvalue weighted by molar-refractivity contribution is 9.10. The maximum Gasteiger partial charge on any atom is 0.0235 e. The van der Waals surface area contributed by atoms with Gasteiger partial charge in [-0.15, -0.1) is 0 Å². The van der Waals surface area contributed by atoms with Crippen molar-refractivity contribution in [2.24, 2.45) is 5.92 Å². The summed E-state index contributed by atoms with van der Waals surface area (Å²) in [4.78, 5) is 2.59. The van der Waals surface area contributed by atoms with Crippen LogP contribution in [0.25, 0.3) is 0 Å². The van der Waals surface area contributed by atoms with Crippen molar-refractivity contribution in [3.63, 3.8) is 0 Å². The molecule has 92 valence electrons. The Labute approximate surface area is 112 Å². The predicted molar refractivity (Wildman–Crippen MR) is 73.9 cm³/mol. The molecule has 2 aliphatic heterocycles. The molecule has 0 aromatic heterocycles. The Morgan fingerprint density at radius 3 is 3.12 bits per heavy atom. The normalized spacial score (nSPS) is 29.2. The van der Waals surface area contributed by atoms with Gasteiger partial charge in [-0.25, -0.2) is 0 Å². The average molecular weight is 295 g/mol. The monoisotopic (exact) mass is 294 g/mol. The summed E-state index contributed by atoms with van der Waals surface area (Å²) in [5, 5.41) is 3.66. The lowest BCUT2D eigenvalue weighted by atomic mass is 9.94. The van der Waals surface area contributed by atoms with Gasteiger partial charge in [0.1, 0.15) is 0 Å². The van der Waals surface area contributed by atoms with Gasteiger partial charge in [-0.3, -0.25) is 4.90 Å². The highest BCUT2D eigenvalue weighted by Crippen LogP contribution is 2.26. The van der Waals surface area contributed by atoms with E-state index in [-0.39, 0.29) is 0 Å². The highest BCUT2D eigenvalue weighted by atomic mass is 79.9. The van der Waals surface area contributed by atoms with E-state index in [2.05, 4.69) is 50.4 Å². The molecule has 2 nitrogen and oxygen atoms in total. The third-order valence-electron chi connectivity index (χ3n) is 3.97. The van der Waals surface area contributed by atoms with E-state index in [9.17, 15) is 0 Å². The van der Waals surface area contributed by atoms with Crippen LogP contribution in [0.5, 0.6) is 0 Å². The minimum Gasteiger partial charge on any atom is -0.312 e. The van der Waals surface area contributed by atoms with E-state index in [4.69, 9.17) is 0 Å². The molecule has 3 rings (SSSR count). The largest absolute Gasteiger partial charge is 0.312 e. The second-order valence-electron chi connectivity index (χ2n) is 5.29. The molecule has 2 atom stereocenters. The molecule has 1 aromatic carbocycles. The maximum absolute atomic E-state index is 3.66. The van der Waals surface area contributed by atoms with E-state index in [1.165, 1.54) is 42.5 Å². The molecule has 0 bridgehead atoms. The maximum atomic E-state index is 3.66. The second kappa shape index (κ2) is 5.09. The second-order valence-corrected chi connectivity index (χ2v) is 6.20. The molecule has 2 aliphatic rings. The van der Waals surface area contributed by atoms with Gasteiger partial charge in [-0.05, 0) is 43.0 Å². The van der Waals surface area contributed by atoms with Gasteiger partial charge >= 0.3 is 0 Å². The van der Waals surface area contributed by atoms with Crippen molar-refractivity contribution >= 4 is 15.9 Å². The van der Waals surface area contributed by atoms with Crippen LogP contribution in [-0.4, -0.2) is 30.6 Å². The first kappa shape index (κ1) is 11.7. The zero-order valence-electron chi connectivity index (χ0n) is 10.0. The Morgan fingerprint density at radius 1 is 1.35 bits per heavy atom. The number of rotatable bonds is 2. The van der Waals surface area contributed by atoms with Gasteiger partial charge in [0.15, 0.2) is 0 Å². The number of fused-ring (bicyclic) bond motifs is 1. The Balaban J connectivity index is 1.63. The summed E-state index contributed by atoms with van der Waals surface area (Å²) in [6, 6.07) is 9.42. The molecule has 3 heteroatoms.